The molecule has 29 heavy (non-hydrogen) atoms. The third kappa shape index (κ3) is 7.23. The highest BCUT2D eigenvalue weighted by molar-refractivity contribution is 6.30. The van der Waals surface area contributed by atoms with E-state index in [2.05, 4.69) is 10.6 Å². The van der Waals surface area contributed by atoms with Gasteiger partial charge in [0.1, 0.15) is 6.04 Å². The van der Waals surface area contributed by atoms with Crippen molar-refractivity contribution in [3.63, 3.8) is 0 Å². The third-order valence-corrected chi connectivity index (χ3v) is 4.45. The molecular formula is C22H25ClN2O4. The number of rotatable bonds is 8. The molecule has 0 spiro atoms. The number of halogens is 1. The van der Waals surface area contributed by atoms with E-state index in [9.17, 15) is 14.4 Å². The summed E-state index contributed by atoms with van der Waals surface area (Å²) in [4.78, 5) is 36.8. The van der Waals surface area contributed by atoms with E-state index < -0.39 is 24.5 Å². The first kappa shape index (κ1) is 22.4. The summed E-state index contributed by atoms with van der Waals surface area (Å²) < 4.78 is 5.11. The zero-order chi connectivity index (χ0) is 21.4. The minimum atomic E-state index is -0.858. The van der Waals surface area contributed by atoms with Crippen LogP contribution in [0.3, 0.4) is 0 Å². The van der Waals surface area contributed by atoms with E-state index in [1.54, 1.807) is 50.2 Å². The summed E-state index contributed by atoms with van der Waals surface area (Å²) >= 11 is 5.91. The standard InChI is InChI=1S/C22H25ClN2O4/c1-14(2)20(25-21(27)17-8-4-6-15(3)10-17)22(28)29-13-19(26)24-12-16-7-5-9-18(23)11-16/h4-11,14,20H,12-13H2,1-3H3,(H,24,26)(H,25,27)/t20-/m0/s1. The topological polar surface area (TPSA) is 84.5 Å². The maximum atomic E-state index is 12.4. The van der Waals surface area contributed by atoms with E-state index in [-0.39, 0.29) is 18.4 Å². The number of esters is 1. The summed E-state index contributed by atoms with van der Waals surface area (Å²) in [7, 11) is 0. The number of carbonyl (C=O) groups is 3. The van der Waals surface area contributed by atoms with Crippen LogP contribution in [0, 0.1) is 12.8 Å². The number of aryl methyl sites for hydroxylation is 1. The van der Waals surface area contributed by atoms with Crippen molar-refractivity contribution < 1.29 is 19.1 Å². The Balaban J connectivity index is 1.87. The second-order valence-corrected chi connectivity index (χ2v) is 7.52. The number of carbonyl (C=O) groups excluding carboxylic acids is 3. The van der Waals surface area contributed by atoms with Crippen molar-refractivity contribution in [2.75, 3.05) is 6.61 Å². The Bertz CT molecular complexity index is 883. The van der Waals surface area contributed by atoms with Gasteiger partial charge < -0.3 is 15.4 Å². The molecule has 0 heterocycles. The molecule has 2 aromatic carbocycles. The summed E-state index contributed by atoms with van der Waals surface area (Å²) in [6.07, 6.45) is 0. The van der Waals surface area contributed by atoms with Crippen LogP contribution in [0.2, 0.25) is 5.02 Å². The molecule has 0 saturated carbocycles. The van der Waals surface area contributed by atoms with Crippen molar-refractivity contribution in [3.8, 4) is 0 Å². The van der Waals surface area contributed by atoms with E-state index in [4.69, 9.17) is 16.3 Å². The molecule has 0 radical (unpaired) electrons. The molecular weight excluding hydrogens is 392 g/mol. The van der Waals surface area contributed by atoms with Gasteiger partial charge in [0.25, 0.3) is 11.8 Å². The van der Waals surface area contributed by atoms with Crippen LogP contribution in [0.5, 0.6) is 0 Å². The van der Waals surface area contributed by atoms with Crippen molar-refractivity contribution in [2.45, 2.75) is 33.4 Å². The van der Waals surface area contributed by atoms with Gasteiger partial charge in [-0.3, -0.25) is 9.59 Å². The lowest BCUT2D eigenvalue weighted by molar-refractivity contribution is -0.151. The number of nitrogens with one attached hydrogen (secondary N) is 2. The summed E-state index contributed by atoms with van der Waals surface area (Å²) in [6.45, 7) is 5.31. The number of amides is 2. The third-order valence-electron chi connectivity index (χ3n) is 4.21. The quantitative estimate of drug-likeness (QED) is 0.647. The lowest BCUT2D eigenvalue weighted by atomic mass is 10.0. The van der Waals surface area contributed by atoms with E-state index in [0.29, 0.717) is 10.6 Å². The lowest BCUT2D eigenvalue weighted by Gasteiger charge is -2.21. The summed E-state index contributed by atoms with van der Waals surface area (Å²) in [5, 5.41) is 5.92. The Kier molecular flexibility index (Phi) is 8.21. The van der Waals surface area contributed by atoms with Crippen LogP contribution < -0.4 is 10.6 Å². The SMILES string of the molecule is Cc1cccc(C(=O)N[C@H](C(=O)OCC(=O)NCc2cccc(Cl)c2)C(C)C)c1. The fourth-order valence-corrected chi connectivity index (χ4v) is 2.85. The zero-order valence-corrected chi connectivity index (χ0v) is 17.5. The average Bonchev–Trinajstić information content (AvgIpc) is 2.68. The molecule has 0 fully saturated rings. The second kappa shape index (κ2) is 10.6. The number of hydrogen-bond acceptors (Lipinski definition) is 4. The summed E-state index contributed by atoms with van der Waals surface area (Å²) in [5.74, 6) is -1.66. The average molecular weight is 417 g/mol. The Labute approximate surface area is 175 Å². The smallest absolute Gasteiger partial charge is 0.329 e. The second-order valence-electron chi connectivity index (χ2n) is 7.08. The number of benzene rings is 2. The molecule has 2 rings (SSSR count). The maximum Gasteiger partial charge on any atom is 0.329 e. The van der Waals surface area contributed by atoms with E-state index in [0.717, 1.165) is 11.1 Å². The zero-order valence-electron chi connectivity index (χ0n) is 16.7. The van der Waals surface area contributed by atoms with E-state index in [1.807, 2.05) is 19.1 Å². The van der Waals surface area contributed by atoms with Gasteiger partial charge in [-0.2, -0.15) is 0 Å². The molecule has 0 saturated heterocycles. The largest absolute Gasteiger partial charge is 0.454 e. The molecule has 2 N–H and O–H groups in total. The number of hydrogen-bond donors (Lipinski definition) is 2. The van der Waals surface area contributed by atoms with Crippen LogP contribution in [-0.4, -0.2) is 30.4 Å². The highest BCUT2D eigenvalue weighted by Gasteiger charge is 2.26. The van der Waals surface area contributed by atoms with Gasteiger partial charge in [0, 0.05) is 17.1 Å². The monoisotopic (exact) mass is 416 g/mol. The van der Waals surface area contributed by atoms with Gasteiger partial charge in [0.15, 0.2) is 6.61 Å². The first-order valence-corrected chi connectivity index (χ1v) is 9.69. The van der Waals surface area contributed by atoms with Gasteiger partial charge in [-0.15, -0.1) is 0 Å². The van der Waals surface area contributed by atoms with Gasteiger partial charge in [-0.25, -0.2) is 4.79 Å². The Morgan fingerprint density at radius 1 is 1.07 bits per heavy atom. The minimum absolute atomic E-state index is 0.203. The van der Waals surface area contributed by atoms with E-state index >= 15 is 0 Å². The van der Waals surface area contributed by atoms with Crippen LogP contribution in [-0.2, 0) is 20.9 Å². The Morgan fingerprint density at radius 3 is 2.45 bits per heavy atom. The fourth-order valence-electron chi connectivity index (χ4n) is 2.63. The van der Waals surface area contributed by atoms with Crippen molar-refractivity contribution in [3.05, 3.63) is 70.2 Å². The molecule has 0 aromatic heterocycles. The molecule has 7 heteroatoms. The van der Waals surface area contributed by atoms with Crippen molar-refractivity contribution in [2.24, 2.45) is 5.92 Å². The van der Waals surface area contributed by atoms with Crippen LogP contribution in [0.1, 0.15) is 35.3 Å². The summed E-state index contributed by atoms with van der Waals surface area (Å²) in [6, 6.07) is 13.3. The van der Waals surface area contributed by atoms with Gasteiger partial charge in [0.05, 0.1) is 0 Å². The summed E-state index contributed by atoms with van der Waals surface area (Å²) in [5.41, 5.74) is 2.24. The predicted molar refractivity (Wildman–Crippen MR) is 112 cm³/mol. The van der Waals surface area contributed by atoms with Crippen molar-refractivity contribution in [1.82, 2.24) is 10.6 Å². The highest BCUT2D eigenvalue weighted by Crippen LogP contribution is 2.11. The molecule has 0 aliphatic carbocycles. The van der Waals surface area contributed by atoms with Crippen LogP contribution >= 0.6 is 11.6 Å². The molecule has 0 aliphatic heterocycles. The first-order chi connectivity index (χ1) is 13.8. The van der Waals surface area contributed by atoms with Crippen molar-refractivity contribution >= 4 is 29.4 Å². The van der Waals surface area contributed by atoms with Crippen molar-refractivity contribution in [1.29, 1.82) is 0 Å². The fraction of sp³-hybridized carbons (Fsp3) is 0.318. The van der Waals surface area contributed by atoms with Gasteiger partial charge >= 0.3 is 5.97 Å². The molecule has 0 bridgehead atoms. The normalized spacial score (nSPS) is 11.6. The molecule has 6 nitrogen and oxygen atoms in total. The van der Waals surface area contributed by atoms with Gasteiger partial charge in [-0.05, 0) is 42.7 Å². The highest BCUT2D eigenvalue weighted by atomic mass is 35.5. The van der Waals surface area contributed by atoms with E-state index in [1.165, 1.54) is 0 Å². The van der Waals surface area contributed by atoms with Crippen LogP contribution in [0.25, 0.3) is 0 Å². The first-order valence-electron chi connectivity index (χ1n) is 9.31. The molecule has 0 aliphatic rings. The molecule has 1 atom stereocenters. The molecule has 154 valence electrons. The molecule has 0 unspecified atom stereocenters. The van der Waals surface area contributed by atoms with Gasteiger partial charge in [0.2, 0.25) is 0 Å². The lowest BCUT2D eigenvalue weighted by Crippen LogP contribution is -2.46. The van der Waals surface area contributed by atoms with Crippen LogP contribution in [0.15, 0.2) is 48.5 Å². The molecule has 2 amide bonds. The Morgan fingerprint density at radius 2 is 1.79 bits per heavy atom. The maximum absolute atomic E-state index is 12.4. The Hall–Kier alpha value is -2.86. The molecule has 2 aromatic rings. The number of ether oxygens (including phenoxy) is 1. The predicted octanol–water partition coefficient (Wildman–Crippen LogP) is 3.26. The minimum Gasteiger partial charge on any atom is -0.454 e. The van der Waals surface area contributed by atoms with Gasteiger partial charge in [-0.1, -0.05) is 55.3 Å². The van der Waals surface area contributed by atoms with Crippen LogP contribution in [0.4, 0.5) is 0 Å².